The second-order valence-corrected chi connectivity index (χ2v) is 9.32. The van der Waals surface area contributed by atoms with E-state index in [2.05, 4.69) is 30.4 Å². The first kappa shape index (κ1) is 21.0. The van der Waals surface area contributed by atoms with E-state index in [9.17, 15) is 9.59 Å². The van der Waals surface area contributed by atoms with Gasteiger partial charge in [0.2, 0.25) is 11.8 Å². The molecular formula is C25H30N2O2S. The molecule has 1 saturated heterocycles. The molecule has 0 bridgehead atoms. The number of benzene rings is 2. The number of hydrogen-bond donors (Lipinski definition) is 1. The van der Waals surface area contributed by atoms with Gasteiger partial charge in [-0.2, -0.15) is 0 Å². The number of carbonyl (C=O) groups excluding carboxylic acids is 2. The minimum atomic E-state index is -0.0676. The molecule has 2 aromatic rings. The van der Waals surface area contributed by atoms with Crippen LogP contribution in [0.15, 0.2) is 48.5 Å². The van der Waals surface area contributed by atoms with Crippen LogP contribution in [0.2, 0.25) is 0 Å². The predicted octanol–water partition coefficient (Wildman–Crippen LogP) is 5.94. The normalized spacial score (nSPS) is 19.8. The Bertz CT molecular complexity index is 908. The van der Waals surface area contributed by atoms with Crippen molar-refractivity contribution in [3.8, 4) is 0 Å². The van der Waals surface area contributed by atoms with Gasteiger partial charge in [-0.3, -0.25) is 14.5 Å². The van der Waals surface area contributed by atoms with Crippen molar-refractivity contribution in [2.24, 2.45) is 5.92 Å². The molecule has 0 aromatic heterocycles. The number of thioether (sulfide) groups is 1. The summed E-state index contributed by atoms with van der Waals surface area (Å²) in [6.07, 6.45) is 7.49. The highest BCUT2D eigenvalue weighted by molar-refractivity contribution is 8.00. The number of hydrogen-bond acceptors (Lipinski definition) is 3. The number of nitrogens with zero attached hydrogens (tertiary/aromatic N) is 1. The van der Waals surface area contributed by atoms with Crippen molar-refractivity contribution < 1.29 is 9.59 Å². The summed E-state index contributed by atoms with van der Waals surface area (Å²) in [4.78, 5) is 27.4. The molecule has 0 spiro atoms. The largest absolute Gasteiger partial charge is 0.326 e. The maximum atomic E-state index is 12.8. The molecule has 1 saturated carbocycles. The molecular weight excluding hydrogens is 392 g/mol. The highest BCUT2D eigenvalue weighted by Crippen LogP contribution is 2.43. The summed E-state index contributed by atoms with van der Waals surface area (Å²) in [7, 11) is 0. The van der Waals surface area contributed by atoms with Crippen molar-refractivity contribution in [3.63, 3.8) is 0 Å². The Hall–Kier alpha value is -2.27. The maximum Gasteiger partial charge on any atom is 0.238 e. The lowest BCUT2D eigenvalue weighted by molar-refractivity contribution is -0.120. The van der Waals surface area contributed by atoms with E-state index in [4.69, 9.17) is 0 Å². The van der Waals surface area contributed by atoms with Gasteiger partial charge in [0.25, 0.3) is 0 Å². The van der Waals surface area contributed by atoms with E-state index < -0.39 is 0 Å². The van der Waals surface area contributed by atoms with Gasteiger partial charge in [-0.15, -0.1) is 11.8 Å². The molecule has 5 heteroatoms. The van der Waals surface area contributed by atoms with Crippen LogP contribution in [-0.2, 0) is 16.0 Å². The molecule has 2 fully saturated rings. The Kier molecular flexibility index (Phi) is 6.78. The van der Waals surface area contributed by atoms with Crippen molar-refractivity contribution in [2.75, 3.05) is 16.0 Å². The summed E-state index contributed by atoms with van der Waals surface area (Å²) in [6, 6.07) is 16.2. The highest BCUT2D eigenvalue weighted by atomic mass is 32.2. The van der Waals surface area contributed by atoms with Gasteiger partial charge in [-0.05, 0) is 48.6 Å². The molecule has 1 aliphatic heterocycles. The zero-order chi connectivity index (χ0) is 20.9. The molecule has 1 atom stereocenters. The SMILES string of the molecule is CCCc1ccccc1N1C(=O)CS[C@H]1c1cccc(NC(=O)C2CCCCC2)c1. The van der Waals surface area contributed by atoms with Crippen LogP contribution in [0.1, 0.15) is 61.9 Å². The summed E-state index contributed by atoms with van der Waals surface area (Å²) >= 11 is 1.65. The zero-order valence-corrected chi connectivity index (χ0v) is 18.4. The predicted molar refractivity (Wildman–Crippen MR) is 125 cm³/mol. The fourth-order valence-electron chi connectivity index (χ4n) is 4.54. The van der Waals surface area contributed by atoms with E-state index in [1.54, 1.807) is 11.8 Å². The van der Waals surface area contributed by atoms with E-state index >= 15 is 0 Å². The van der Waals surface area contributed by atoms with Gasteiger partial charge in [0.05, 0.1) is 5.75 Å². The first-order chi connectivity index (χ1) is 14.7. The van der Waals surface area contributed by atoms with Crippen LogP contribution >= 0.6 is 11.8 Å². The molecule has 158 valence electrons. The molecule has 30 heavy (non-hydrogen) atoms. The standard InChI is InChI=1S/C25H30N2O2S/c1-2-9-18-10-6-7-15-22(18)27-23(28)17-30-25(27)20-13-8-14-21(16-20)26-24(29)19-11-4-3-5-12-19/h6-8,10,13-16,19,25H,2-5,9,11-12,17H2,1H3,(H,26,29)/t25-/m0/s1. The topological polar surface area (TPSA) is 49.4 Å². The molecule has 1 heterocycles. The lowest BCUT2D eigenvalue weighted by Gasteiger charge is -2.27. The molecule has 2 aromatic carbocycles. The summed E-state index contributed by atoms with van der Waals surface area (Å²) in [5.74, 6) is 0.878. The van der Waals surface area contributed by atoms with Gasteiger partial charge in [-0.1, -0.05) is 62.9 Å². The fourth-order valence-corrected chi connectivity index (χ4v) is 5.70. The third kappa shape index (κ3) is 4.56. The summed E-state index contributed by atoms with van der Waals surface area (Å²) in [5, 5.41) is 3.05. The highest BCUT2D eigenvalue weighted by Gasteiger charge is 2.35. The van der Waals surface area contributed by atoms with Crippen LogP contribution in [0.25, 0.3) is 0 Å². The summed E-state index contributed by atoms with van der Waals surface area (Å²) < 4.78 is 0. The van der Waals surface area contributed by atoms with Crippen LogP contribution in [0, 0.1) is 5.92 Å². The molecule has 0 unspecified atom stereocenters. The number of para-hydroxylation sites is 1. The number of rotatable bonds is 6. The number of carbonyl (C=O) groups is 2. The average Bonchev–Trinajstić information content (AvgIpc) is 3.16. The first-order valence-electron chi connectivity index (χ1n) is 11.1. The van der Waals surface area contributed by atoms with E-state index in [1.165, 1.54) is 12.0 Å². The Balaban J connectivity index is 1.56. The summed E-state index contributed by atoms with van der Waals surface area (Å²) in [6.45, 7) is 2.16. The molecule has 1 N–H and O–H groups in total. The Morgan fingerprint density at radius 1 is 1.10 bits per heavy atom. The van der Waals surface area contributed by atoms with Gasteiger partial charge in [-0.25, -0.2) is 0 Å². The number of nitrogens with one attached hydrogen (secondary N) is 1. The third-order valence-electron chi connectivity index (χ3n) is 6.05. The second kappa shape index (κ2) is 9.69. The average molecular weight is 423 g/mol. The molecule has 1 aliphatic carbocycles. The van der Waals surface area contributed by atoms with Crippen LogP contribution < -0.4 is 10.2 Å². The van der Waals surface area contributed by atoms with E-state index in [0.29, 0.717) is 5.75 Å². The molecule has 2 amide bonds. The van der Waals surface area contributed by atoms with Gasteiger partial charge in [0, 0.05) is 17.3 Å². The van der Waals surface area contributed by atoms with Crippen LogP contribution in [0.4, 0.5) is 11.4 Å². The van der Waals surface area contributed by atoms with Crippen LogP contribution in [0.5, 0.6) is 0 Å². The van der Waals surface area contributed by atoms with Crippen molar-refractivity contribution >= 4 is 35.0 Å². The van der Waals surface area contributed by atoms with Gasteiger partial charge < -0.3 is 5.32 Å². The van der Waals surface area contributed by atoms with E-state index in [1.807, 2.05) is 35.2 Å². The van der Waals surface area contributed by atoms with Crippen molar-refractivity contribution in [3.05, 3.63) is 59.7 Å². The number of amides is 2. The smallest absolute Gasteiger partial charge is 0.238 e. The summed E-state index contributed by atoms with van der Waals surface area (Å²) in [5.41, 5.74) is 4.10. The van der Waals surface area contributed by atoms with Crippen molar-refractivity contribution in [1.82, 2.24) is 0 Å². The van der Waals surface area contributed by atoms with Crippen molar-refractivity contribution in [2.45, 2.75) is 57.2 Å². The minimum Gasteiger partial charge on any atom is -0.326 e. The monoisotopic (exact) mass is 422 g/mol. The molecule has 2 aliphatic rings. The maximum absolute atomic E-state index is 12.8. The number of anilines is 2. The van der Waals surface area contributed by atoms with E-state index in [0.717, 1.165) is 55.5 Å². The van der Waals surface area contributed by atoms with Crippen LogP contribution in [-0.4, -0.2) is 17.6 Å². The minimum absolute atomic E-state index is 0.0676. The molecule has 4 nitrogen and oxygen atoms in total. The fraction of sp³-hybridized carbons (Fsp3) is 0.440. The lowest BCUT2D eigenvalue weighted by Crippen LogP contribution is -2.29. The van der Waals surface area contributed by atoms with E-state index in [-0.39, 0.29) is 23.1 Å². The van der Waals surface area contributed by atoms with Crippen LogP contribution in [0.3, 0.4) is 0 Å². The lowest BCUT2D eigenvalue weighted by atomic mass is 9.88. The number of aryl methyl sites for hydroxylation is 1. The molecule has 0 radical (unpaired) electrons. The quantitative estimate of drug-likeness (QED) is 0.627. The third-order valence-corrected chi connectivity index (χ3v) is 7.27. The Morgan fingerprint density at radius 2 is 1.90 bits per heavy atom. The Labute approximate surface area is 183 Å². The van der Waals surface area contributed by atoms with Crippen molar-refractivity contribution in [1.29, 1.82) is 0 Å². The zero-order valence-electron chi connectivity index (χ0n) is 17.6. The second-order valence-electron chi connectivity index (χ2n) is 8.26. The van der Waals surface area contributed by atoms with Gasteiger partial charge >= 0.3 is 0 Å². The molecule has 4 rings (SSSR count). The van der Waals surface area contributed by atoms with Gasteiger partial charge in [0.15, 0.2) is 0 Å². The first-order valence-corrected chi connectivity index (χ1v) is 12.1. The Morgan fingerprint density at radius 3 is 2.70 bits per heavy atom. The van der Waals surface area contributed by atoms with Gasteiger partial charge in [0.1, 0.15) is 5.37 Å².